The van der Waals surface area contributed by atoms with E-state index in [1.807, 2.05) is 77.5 Å². The van der Waals surface area contributed by atoms with E-state index in [1.54, 1.807) is 30.3 Å². The van der Waals surface area contributed by atoms with Crippen LogP contribution in [0.5, 0.6) is 11.6 Å². The molecule has 0 aliphatic heterocycles. The zero-order valence-corrected chi connectivity index (χ0v) is 25.0. The van der Waals surface area contributed by atoms with Crippen LogP contribution in [0.1, 0.15) is 5.56 Å². The molecule has 0 aliphatic carbocycles. The standard InChI is InChI=1S/C33H25Cl3N4O3/c34-23-9-12-25(13-10-23)42-16-17-43-32-27-19-24(37-33(41)38-30-7-3-5-22-4-1-2-6-26(22)30)11-15-31(27)40(39-32)20-21-8-14-28(35)29(36)18-21/h1-15,18-19H,16-17,20H2,(H2,37,38,41). The average Bonchev–Trinajstić information content (AvgIpc) is 3.34. The first-order valence-electron chi connectivity index (χ1n) is 13.4. The molecule has 0 spiro atoms. The van der Waals surface area contributed by atoms with Crippen molar-refractivity contribution in [3.63, 3.8) is 0 Å². The molecule has 0 saturated carbocycles. The molecule has 2 amide bonds. The summed E-state index contributed by atoms with van der Waals surface area (Å²) in [5.74, 6) is 1.10. The van der Waals surface area contributed by atoms with E-state index in [9.17, 15) is 4.79 Å². The van der Waals surface area contributed by atoms with Gasteiger partial charge in [-0.15, -0.1) is 5.10 Å². The van der Waals surface area contributed by atoms with E-state index in [1.165, 1.54) is 0 Å². The van der Waals surface area contributed by atoms with Crippen LogP contribution in [0.4, 0.5) is 16.2 Å². The second-order valence-corrected chi connectivity index (χ2v) is 11.0. The van der Waals surface area contributed by atoms with Gasteiger partial charge < -0.3 is 20.1 Å². The molecular formula is C33H25Cl3N4O3. The number of nitrogens with one attached hydrogen (secondary N) is 2. The monoisotopic (exact) mass is 630 g/mol. The molecule has 0 fully saturated rings. The number of anilines is 2. The Hall–Kier alpha value is -4.43. The Morgan fingerprint density at radius 1 is 0.744 bits per heavy atom. The number of hydrogen-bond acceptors (Lipinski definition) is 4. The van der Waals surface area contributed by atoms with Crippen LogP contribution in [-0.2, 0) is 6.54 Å². The minimum Gasteiger partial charge on any atom is -0.490 e. The summed E-state index contributed by atoms with van der Waals surface area (Å²) in [7, 11) is 0. The first kappa shape index (κ1) is 28.7. The Morgan fingerprint density at radius 3 is 2.37 bits per heavy atom. The Kier molecular flexibility index (Phi) is 8.56. The maximum absolute atomic E-state index is 13.0. The zero-order valence-electron chi connectivity index (χ0n) is 22.7. The van der Waals surface area contributed by atoms with E-state index in [4.69, 9.17) is 49.4 Å². The van der Waals surface area contributed by atoms with Crippen molar-refractivity contribution in [3.8, 4) is 11.6 Å². The molecule has 6 rings (SSSR count). The maximum atomic E-state index is 13.0. The molecule has 43 heavy (non-hydrogen) atoms. The van der Waals surface area contributed by atoms with E-state index in [0.29, 0.717) is 45.5 Å². The minimum atomic E-state index is -0.363. The Morgan fingerprint density at radius 2 is 1.53 bits per heavy atom. The van der Waals surface area contributed by atoms with Crippen molar-refractivity contribution in [2.45, 2.75) is 6.54 Å². The van der Waals surface area contributed by atoms with Crippen molar-refractivity contribution in [2.75, 3.05) is 23.8 Å². The van der Waals surface area contributed by atoms with Crippen molar-refractivity contribution >= 4 is 73.9 Å². The number of fused-ring (bicyclic) bond motifs is 2. The summed E-state index contributed by atoms with van der Waals surface area (Å²) in [6, 6.07) is 31.4. The third-order valence-corrected chi connectivity index (χ3v) is 7.72. The van der Waals surface area contributed by atoms with E-state index in [-0.39, 0.29) is 12.6 Å². The molecule has 0 saturated heterocycles. The number of ether oxygens (including phenoxy) is 2. The van der Waals surface area contributed by atoms with Gasteiger partial charge in [-0.2, -0.15) is 0 Å². The molecule has 0 atom stereocenters. The predicted molar refractivity (Wildman–Crippen MR) is 174 cm³/mol. The molecule has 1 aromatic heterocycles. The normalized spacial score (nSPS) is 11.0. The van der Waals surface area contributed by atoms with Gasteiger partial charge >= 0.3 is 6.03 Å². The van der Waals surface area contributed by atoms with Crippen LogP contribution < -0.4 is 20.1 Å². The van der Waals surface area contributed by atoms with Crippen LogP contribution in [0, 0.1) is 0 Å². The summed E-state index contributed by atoms with van der Waals surface area (Å²) in [5.41, 5.74) is 3.05. The fourth-order valence-corrected chi connectivity index (χ4v) is 5.16. The van der Waals surface area contributed by atoms with Crippen LogP contribution in [-0.4, -0.2) is 29.0 Å². The zero-order chi connectivity index (χ0) is 29.8. The molecule has 5 aromatic carbocycles. The second-order valence-electron chi connectivity index (χ2n) is 9.70. The van der Waals surface area contributed by atoms with E-state index < -0.39 is 0 Å². The molecular weight excluding hydrogens is 607 g/mol. The minimum absolute atomic E-state index is 0.251. The highest BCUT2D eigenvalue weighted by Gasteiger charge is 2.15. The number of benzene rings is 5. The molecule has 0 aliphatic rings. The van der Waals surface area contributed by atoms with Crippen molar-refractivity contribution in [3.05, 3.63) is 124 Å². The van der Waals surface area contributed by atoms with Crippen LogP contribution >= 0.6 is 34.8 Å². The van der Waals surface area contributed by atoms with Crippen molar-refractivity contribution < 1.29 is 14.3 Å². The third-order valence-electron chi connectivity index (χ3n) is 6.73. The summed E-state index contributed by atoms with van der Waals surface area (Å²) in [5, 5.41) is 14.9. The molecule has 0 bridgehead atoms. The van der Waals surface area contributed by atoms with Gasteiger partial charge in [0.05, 0.1) is 33.2 Å². The molecule has 216 valence electrons. The first-order chi connectivity index (χ1) is 20.9. The Bertz CT molecular complexity index is 1920. The van der Waals surface area contributed by atoms with Crippen LogP contribution in [0.3, 0.4) is 0 Å². The van der Waals surface area contributed by atoms with E-state index in [0.717, 1.165) is 32.9 Å². The molecule has 6 aromatic rings. The quantitative estimate of drug-likeness (QED) is 0.156. The number of nitrogens with zero attached hydrogens (tertiary/aromatic N) is 2. The molecule has 10 heteroatoms. The molecule has 2 N–H and O–H groups in total. The lowest BCUT2D eigenvalue weighted by Crippen LogP contribution is -2.19. The smallest absolute Gasteiger partial charge is 0.323 e. The SMILES string of the molecule is O=C(Nc1ccc2c(c1)c(OCCOc1ccc(Cl)cc1)nn2Cc1ccc(Cl)c(Cl)c1)Nc1cccc2ccccc12. The number of amides is 2. The van der Waals surface area contributed by atoms with Crippen LogP contribution in [0.25, 0.3) is 21.7 Å². The van der Waals surface area contributed by atoms with E-state index >= 15 is 0 Å². The largest absolute Gasteiger partial charge is 0.490 e. The van der Waals surface area contributed by atoms with Gasteiger partial charge in [0.15, 0.2) is 0 Å². The fourth-order valence-electron chi connectivity index (χ4n) is 4.71. The van der Waals surface area contributed by atoms with E-state index in [2.05, 4.69) is 10.6 Å². The Balaban J connectivity index is 1.22. The summed E-state index contributed by atoms with van der Waals surface area (Å²) in [6.07, 6.45) is 0. The van der Waals surface area contributed by atoms with Gasteiger partial charge in [0.1, 0.15) is 19.0 Å². The van der Waals surface area contributed by atoms with Gasteiger partial charge in [-0.25, -0.2) is 4.79 Å². The highest BCUT2D eigenvalue weighted by atomic mass is 35.5. The summed E-state index contributed by atoms with van der Waals surface area (Å²) in [6.45, 7) is 0.987. The number of carbonyl (C=O) groups excluding carboxylic acids is 1. The number of aromatic nitrogens is 2. The van der Waals surface area contributed by atoms with Gasteiger partial charge in [0, 0.05) is 16.1 Å². The van der Waals surface area contributed by atoms with Gasteiger partial charge in [0.2, 0.25) is 5.88 Å². The average molecular weight is 632 g/mol. The highest BCUT2D eigenvalue weighted by Crippen LogP contribution is 2.30. The highest BCUT2D eigenvalue weighted by molar-refractivity contribution is 6.42. The molecule has 0 unspecified atom stereocenters. The first-order valence-corrected chi connectivity index (χ1v) is 14.6. The number of halogens is 3. The lowest BCUT2D eigenvalue weighted by Gasteiger charge is -2.11. The maximum Gasteiger partial charge on any atom is 0.323 e. The summed E-state index contributed by atoms with van der Waals surface area (Å²) >= 11 is 18.3. The lowest BCUT2D eigenvalue weighted by atomic mass is 10.1. The van der Waals surface area contributed by atoms with Gasteiger partial charge in [0.25, 0.3) is 0 Å². The number of urea groups is 1. The van der Waals surface area contributed by atoms with Crippen molar-refractivity contribution in [1.29, 1.82) is 0 Å². The van der Waals surface area contributed by atoms with Crippen LogP contribution in [0.15, 0.2) is 103 Å². The van der Waals surface area contributed by atoms with Crippen molar-refractivity contribution in [2.24, 2.45) is 0 Å². The van der Waals surface area contributed by atoms with Gasteiger partial charge in [-0.3, -0.25) is 4.68 Å². The lowest BCUT2D eigenvalue weighted by molar-refractivity contribution is 0.212. The number of hydrogen-bond donors (Lipinski definition) is 2. The van der Waals surface area contributed by atoms with Crippen molar-refractivity contribution in [1.82, 2.24) is 9.78 Å². The topological polar surface area (TPSA) is 77.4 Å². The number of carbonyl (C=O) groups is 1. The Labute approximate surface area is 262 Å². The van der Waals surface area contributed by atoms with Crippen LogP contribution in [0.2, 0.25) is 15.1 Å². The fraction of sp³-hybridized carbons (Fsp3) is 0.0909. The van der Waals surface area contributed by atoms with Gasteiger partial charge in [-0.05, 0) is 71.6 Å². The summed E-state index contributed by atoms with van der Waals surface area (Å²) < 4.78 is 13.7. The molecule has 0 radical (unpaired) electrons. The second kappa shape index (κ2) is 12.8. The molecule has 1 heterocycles. The van der Waals surface area contributed by atoms with Gasteiger partial charge in [-0.1, -0.05) is 77.3 Å². The molecule has 7 nitrogen and oxygen atoms in total. The third kappa shape index (κ3) is 6.81. The predicted octanol–water partition coefficient (Wildman–Crippen LogP) is 9.30. The summed E-state index contributed by atoms with van der Waals surface area (Å²) in [4.78, 5) is 13.0. The number of rotatable bonds is 9.